The van der Waals surface area contributed by atoms with Gasteiger partial charge in [0.05, 0.1) is 12.5 Å². The number of ether oxygens (including phenoxy) is 2. The maximum Gasteiger partial charge on any atom is 0.213 e. The van der Waals surface area contributed by atoms with Crippen molar-refractivity contribution < 1.29 is 14.3 Å². The number of nitrogens with two attached hydrogens (primary N) is 1. The van der Waals surface area contributed by atoms with Crippen LogP contribution in [0, 0.1) is 11.3 Å². The van der Waals surface area contributed by atoms with E-state index in [1.165, 1.54) is 0 Å². The van der Waals surface area contributed by atoms with E-state index in [-0.39, 0.29) is 28.8 Å². The number of benzene rings is 1. The summed E-state index contributed by atoms with van der Waals surface area (Å²) in [5.74, 6) is -0.903. The molecule has 22 heavy (non-hydrogen) atoms. The number of allylic oxidation sites excluding steroid dienone is 3. The summed E-state index contributed by atoms with van der Waals surface area (Å²) < 4.78 is 11.6. The minimum absolute atomic E-state index is 0.0759. The molecule has 1 atom stereocenters. The van der Waals surface area contributed by atoms with Crippen LogP contribution in [0.4, 0.5) is 0 Å². The SMILES string of the molecule is CCOC1=C(C)OC(N)=C(C#N)C(c2cccc(Br)c2)C1=O. The number of carbonyl (C=O) groups excluding carboxylic acids is 1. The minimum Gasteiger partial charge on any atom is -0.487 e. The molecule has 1 aliphatic rings. The van der Waals surface area contributed by atoms with Crippen molar-refractivity contribution in [2.45, 2.75) is 19.8 Å². The summed E-state index contributed by atoms with van der Waals surface area (Å²) in [5.41, 5.74) is 6.58. The van der Waals surface area contributed by atoms with Crippen LogP contribution in [0.25, 0.3) is 0 Å². The summed E-state index contributed by atoms with van der Waals surface area (Å²) in [5, 5.41) is 9.42. The second kappa shape index (κ2) is 6.67. The van der Waals surface area contributed by atoms with E-state index in [1.807, 2.05) is 12.1 Å². The highest BCUT2D eigenvalue weighted by atomic mass is 79.9. The van der Waals surface area contributed by atoms with Crippen molar-refractivity contribution in [1.29, 1.82) is 5.26 Å². The van der Waals surface area contributed by atoms with Gasteiger partial charge in [0.2, 0.25) is 17.4 Å². The molecule has 0 aliphatic carbocycles. The van der Waals surface area contributed by atoms with Gasteiger partial charge in [0.15, 0.2) is 0 Å². The number of hydrogen-bond acceptors (Lipinski definition) is 5. The fourth-order valence-corrected chi connectivity index (χ4v) is 2.70. The molecule has 0 amide bonds. The predicted molar refractivity (Wildman–Crippen MR) is 84.1 cm³/mol. The number of halogens is 1. The Labute approximate surface area is 137 Å². The Kier molecular flexibility index (Phi) is 4.88. The Bertz CT molecular complexity index is 716. The number of carbonyl (C=O) groups is 1. The highest BCUT2D eigenvalue weighted by Gasteiger charge is 2.35. The molecule has 0 aromatic heterocycles. The molecule has 0 spiro atoms. The first-order chi connectivity index (χ1) is 10.5. The average Bonchev–Trinajstić information content (AvgIpc) is 2.56. The Morgan fingerprint density at radius 1 is 1.50 bits per heavy atom. The topological polar surface area (TPSA) is 85.3 Å². The molecule has 2 rings (SSSR count). The number of hydrogen-bond donors (Lipinski definition) is 1. The fourth-order valence-electron chi connectivity index (χ4n) is 2.29. The molecule has 1 aliphatic heterocycles. The zero-order chi connectivity index (χ0) is 16.3. The van der Waals surface area contributed by atoms with Gasteiger partial charge in [0.25, 0.3) is 0 Å². The molecule has 0 radical (unpaired) electrons. The Hall–Kier alpha value is -2.26. The van der Waals surface area contributed by atoms with Crippen LogP contribution in [-0.2, 0) is 14.3 Å². The third-order valence-electron chi connectivity index (χ3n) is 3.21. The van der Waals surface area contributed by atoms with Crippen molar-refractivity contribution >= 4 is 21.7 Å². The molecule has 1 heterocycles. The lowest BCUT2D eigenvalue weighted by atomic mass is 9.87. The molecule has 2 N–H and O–H groups in total. The first-order valence-corrected chi connectivity index (χ1v) is 7.49. The van der Waals surface area contributed by atoms with Gasteiger partial charge in [0.1, 0.15) is 17.4 Å². The van der Waals surface area contributed by atoms with Crippen LogP contribution in [-0.4, -0.2) is 12.4 Å². The van der Waals surface area contributed by atoms with Crippen LogP contribution in [0.1, 0.15) is 25.3 Å². The molecular weight excluding hydrogens is 348 g/mol. The van der Waals surface area contributed by atoms with Crippen molar-refractivity contribution in [2.24, 2.45) is 5.73 Å². The highest BCUT2D eigenvalue weighted by molar-refractivity contribution is 9.10. The maximum atomic E-state index is 12.9. The van der Waals surface area contributed by atoms with Gasteiger partial charge in [-0.25, -0.2) is 0 Å². The normalized spacial score (nSPS) is 18.6. The summed E-state index contributed by atoms with van der Waals surface area (Å²) in [6, 6.07) is 9.16. The number of nitrogens with zero attached hydrogens (tertiary/aromatic N) is 1. The van der Waals surface area contributed by atoms with Crippen LogP contribution in [0.2, 0.25) is 0 Å². The third kappa shape index (κ3) is 3.00. The molecule has 6 heteroatoms. The Balaban J connectivity index is 2.63. The van der Waals surface area contributed by atoms with E-state index in [0.29, 0.717) is 12.2 Å². The summed E-state index contributed by atoms with van der Waals surface area (Å²) in [7, 11) is 0. The van der Waals surface area contributed by atoms with Crippen molar-refractivity contribution in [3.63, 3.8) is 0 Å². The number of rotatable bonds is 3. The summed E-state index contributed by atoms with van der Waals surface area (Å²) >= 11 is 3.37. The highest BCUT2D eigenvalue weighted by Crippen LogP contribution is 2.35. The van der Waals surface area contributed by atoms with Gasteiger partial charge in [-0.15, -0.1) is 0 Å². The fraction of sp³-hybridized carbons (Fsp3) is 0.250. The molecular formula is C16H15BrN2O3. The van der Waals surface area contributed by atoms with Crippen LogP contribution >= 0.6 is 15.9 Å². The van der Waals surface area contributed by atoms with Crippen molar-refractivity contribution in [2.75, 3.05) is 6.61 Å². The van der Waals surface area contributed by atoms with Crippen LogP contribution < -0.4 is 5.73 Å². The lowest BCUT2D eigenvalue weighted by molar-refractivity contribution is -0.119. The summed E-state index contributed by atoms with van der Waals surface area (Å²) in [6.45, 7) is 3.68. The van der Waals surface area contributed by atoms with Gasteiger partial charge in [-0.3, -0.25) is 4.79 Å². The van der Waals surface area contributed by atoms with E-state index in [1.54, 1.807) is 32.0 Å². The van der Waals surface area contributed by atoms with Gasteiger partial charge >= 0.3 is 0 Å². The molecule has 0 saturated heterocycles. The second-order valence-corrected chi connectivity index (χ2v) is 5.58. The Morgan fingerprint density at radius 3 is 2.82 bits per heavy atom. The summed E-state index contributed by atoms with van der Waals surface area (Å²) in [6.07, 6.45) is 0. The third-order valence-corrected chi connectivity index (χ3v) is 3.71. The zero-order valence-electron chi connectivity index (χ0n) is 12.2. The van der Waals surface area contributed by atoms with Crippen molar-refractivity contribution in [3.8, 4) is 6.07 Å². The van der Waals surface area contributed by atoms with E-state index < -0.39 is 5.92 Å². The van der Waals surface area contributed by atoms with Gasteiger partial charge in [-0.05, 0) is 31.5 Å². The lowest BCUT2D eigenvalue weighted by Gasteiger charge is -2.15. The van der Waals surface area contributed by atoms with Gasteiger partial charge < -0.3 is 15.2 Å². The van der Waals surface area contributed by atoms with E-state index >= 15 is 0 Å². The second-order valence-electron chi connectivity index (χ2n) is 4.66. The quantitative estimate of drug-likeness (QED) is 0.892. The Morgan fingerprint density at radius 2 is 2.23 bits per heavy atom. The number of Topliss-reactive ketones (excluding diaryl/α,β-unsaturated/α-hetero) is 1. The van der Waals surface area contributed by atoms with Crippen LogP contribution in [0.3, 0.4) is 0 Å². The molecule has 114 valence electrons. The molecule has 0 bridgehead atoms. The summed E-state index contributed by atoms with van der Waals surface area (Å²) in [4.78, 5) is 12.9. The number of ketones is 1. The van der Waals surface area contributed by atoms with E-state index in [4.69, 9.17) is 15.2 Å². The first kappa shape index (κ1) is 16.1. The van der Waals surface area contributed by atoms with Crippen LogP contribution in [0.15, 0.2) is 51.7 Å². The molecule has 0 fully saturated rings. The van der Waals surface area contributed by atoms with Crippen molar-refractivity contribution in [3.05, 3.63) is 57.3 Å². The van der Waals surface area contributed by atoms with Crippen LogP contribution in [0.5, 0.6) is 0 Å². The first-order valence-electron chi connectivity index (χ1n) is 6.70. The minimum atomic E-state index is -0.846. The van der Waals surface area contributed by atoms with E-state index in [0.717, 1.165) is 4.47 Å². The monoisotopic (exact) mass is 362 g/mol. The molecule has 1 unspecified atom stereocenters. The smallest absolute Gasteiger partial charge is 0.213 e. The molecule has 1 aromatic carbocycles. The molecule has 0 saturated carbocycles. The molecule has 5 nitrogen and oxygen atoms in total. The van der Waals surface area contributed by atoms with E-state index in [2.05, 4.69) is 15.9 Å². The van der Waals surface area contributed by atoms with Crippen molar-refractivity contribution in [1.82, 2.24) is 0 Å². The van der Waals surface area contributed by atoms with Gasteiger partial charge in [0, 0.05) is 4.47 Å². The van der Waals surface area contributed by atoms with E-state index in [9.17, 15) is 10.1 Å². The van der Waals surface area contributed by atoms with Gasteiger partial charge in [-0.2, -0.15) is 5.26 Å². The van der Waals surface area contributed by atoms with Gasteiger partial charge in [-0.1, -0.05) is 28.1 Å². The predicted octanol–water partition coefficient (Wildman–Crippen LogP) is 3.09. The maximum absolute atomic E-state index is 12.9. The lowest BCUT2D eigenvalue weighted by Crippen LogP contribution is -2.19. The zero-order valence-corrected chi connectivity index (χ0v) is 13.8. The molecule has 1 aromatic rings. The largest absolute Gasteiger partial charge is 0.487 e. The average molecular weight is 363 g/mol. The standard InChI is InChI=1S/C16H15BrN2O3/c1-3-21-15-9(2)22-16(19)12(8-18)13(14(15)20)10-5-4-6-11(17)7-10/h4-7,13H,3,19H2,1-2H3. The number of nitriles is 1.